The highest BCUT2D eigenvalue weighted by Crippen LogP contribution is 2.26. The van der Waals surface area contributed by atoms with Gasteiger partial charge in [-0.2, -0.15) is 0 Å². The van der Waals surface area contributed by atoms with Crippen molar-refractivity contribution in [2.45, 2.75) is 51.7 Å². The van der Waals surface area contributed by atoms with Crippen molar-refractivity contribution in [2.24, 2.45) is 0 Å². The largest absolute Gasteiger partial charge is 0.310 e. The molecular weight excluding hydrogens is 264 g/mol. The van der Waals surface area contributed by atoms with E-state index < -0.39 is 0 Å². The molecule has 1 aromatic heterocycles. The highest BCUT2D eigenvalue weighted by atomic mass is 35.5. The maximum Gasteiger partial charge on any atom is 0.0931 e. The molecule has 2 heterocycles. The molecule has 1 fully saturated rings. The van der Waals surface area contributed by atoms with Crippen LogP contribution in [0.5, 0.6) is 0 Å². The number of nitrogens with one attached hydrogen (secondary N) is 1. The van der Waals surface area contributed by atoms with E-state index in [1.165, 1.54) is 17.7 Å². The number of nitrogens with zero attached hydrogens (tertiary/aromatic N) is 1. The third-order valence-corrected chi connectivity index (χ3v) is 5.27. The van der Waals surface area contributed by atoms with Gasteiger partial charge in [0.25, 0.3) is 0 Å². The van der Waals surface area contributed by atoms with Crippen molar-refractivity contribution in [1.29, 1.82) is 0 Å². The topological polar surface area (TPSA) is 15.3 Å². The van der Waals surface area contributed by atoms with Gasteiger partial charge in [-0.25, -0.2) is 0 Å². The smallest absolute Gasteiger partial charge is 0.0931 e. The highest BCUT2D eigenvalue weighted by Gasteiger charge is 2.30. The summed E-state index contributed by atoms with van der Waals surface area (Å²) in [4.78, 5) is 3.96. The van der Waals surface area contributed by atoms with Crippen LogP contribution in [0.2, 0.25) is 4.34 Å². The molecule has 0 amide bonds. The highest BCUT2D eigenvalue weighted by molar-refractivity contribution is 7.16. The van der Waals surface area contributed by atoms with Gasteiger partial charge in [-0.15, -0.1) is 11.3 Å². The molecule has 0 spiro atoms. The molecule has 4 heteroatoms. The fourth-order valence-electron chi connectivity index (χ4n) is 2.51. The molecule has 2 nitrogen and oxygen atoms in total. The van der Waals surface area contributed by atoms with Gasteiger partial charge >= 0.3 is 0 Å². The van der Waals surface area contributed by atoms with Crippen molar-refractivity contribution in [3.05, 3.63) is 21.3 Å². The monoisotopic (exact) mass is 286 g/mol. The zero-order valence-corrected chi connectivity index (χ0v) is 13.1. The van der Waals surface area contributed by atoms with E-state index in [0.29, 0.717) is 6.04 Å². The standard InChI is InChI=1S/C14H23ClN2S/c1-4-14(3)10-17(11(2)7-8-16-14)9-12-5-6-13(15)18-12/h5-6,11,16H,4,7-10H2,1-3H3. The molecule has 0 radical (unpaired) electrons. The Bertz CT molecular complexity index is 393. The second-order valence-corrected chi connectivity index (χ2v) is 7.39. The maximum atomic E-state index is 6.02. The molecular formula is C14H23ClN2S. The van der Waals surface area contributed by atoms with Crippen molar-refractivity contribution < 1.29 is 0 Å². The van der Waals surface area contributed by atoms with E-state index in [9.17, 15) is 0 Å². The molecule has 2 rings (SSSR count). The molecule has 1 aliphatic rings. The summed E-state index contributed by atoms with van der Waals surface area (Å²) in [6.07, 6.45) is 2.39. The normalized spacial score (nSPS) is 30.3. The summed E-state index contributed by atoms with van der Waals surface area (Å²) in [5, 5.41) is 3.69. The summed E-state index contributed by atoms with van der Waals surface area (Å²) >= 11 is 7.72. The minimum atomic E-state index is 0.242. The average molecular weight is 287 g/mol. The summed E-state index contributed by atoms with van der Waals surface area (Å²) in [5.41, 5.74) is 0.242. The number of halogens is 1. The van der Waals surface area contributed by atoms with Crippen LogP contribution in [-0.4, -0.2) is 29.6 Å². The van der Waals surface area contributed by atoms with Crippen molar-refractivity contribution in [3.8, 4) is 0 Å². The zero-order chi connectivity index (χ0) is 13.2. The Kier molecular flexibility index (Phi) is 4.70. The Morgan fingerprint density at radius 1 is 1.56 bits per heavy atom. The van der Waals surface area contributed by atoms with E-state index in [1.54, 1.807) is 11.3 Å². The quantitative estimate of drug-likeness (QED) is 0.910. The second kappa shape index (κ2) is 5.91. The third-order valence-electron chi connectivity index (χ3n) is 4.06. The van der Waals surface area contributed by atoms with Gasteiger partial charge in [0.2, 0.25) is 0 Å². The van der Waals surface area contributed by atoms with Crippen molar-refractivity contribution in [1.82, 2.24) is 10.2 Å². The van der Waals surface area contributed by atoms with Crippen LogP contribution in [0.25, 0.3) is 0 Å². The van der Waals surface area contributed by atoms with E-state index in [4.69, 9.17) is 11.6 Å². The first kappa shape index (κ1) is 14.3. The number of hydrogen-bond donors (Lipinski definition) is 1. The maximum absolute atomic E-state index is 6.02. The summed E-state index contributed by atoms with van der Waals surface area (Å²) in [7, 11) is 0. The van der Waals surface area contributed by atoms with E-state index in [1.807, 2.05) is 6.07 Å². The van der Waals surface area contributed by atoms with Crippen LogP contribution in [0, 0.1) is 0 Å². The van der Waals surface area contributed by atoms with Crippen molar-refractivity contribution in [3.63, 3.8) is 0 Å². The summed E-state index contributed by atoms with van der Waals surface area (Å²) in [5.74, 6) is 0. The lowest BCUT2D eigenvalue weighted by Crippen LogP contribution is -2.49. The van der Waals surface area contributed by atoms with E-state index in [0.717, 1.165) is 24.0 Å². The SMILES string of the molecule is CCC1(C)CN(Cc2ccc(Cl)s2)C(C)CCN1. The van der Waals surface area contributed by atoms with Crippen LogP contribution in [0.1, 0.15) is 38.5 Å². The first-order valence-electron chi connectivity index (χ1n) is 6.76. The van der Waals surface area contributed by atoms with Gasteiger partial charge in [0.15, 0.2) is 0 Å². The van der Waals surface area contributed by atoms with E-state index in [2.05, 4.69) is 37.1 Å². The van der Waals surface area contributed by atoms with Crippen molar-refractivity contribution >= 4 is 22.9 Å². The minimum Gasteiger partial charge on any atom is -0.310 e. The molecule has 0 bridgehead atoms. The van der Waals surface area contributed by atoms with Gasteiger partial charge in [-0.1, -0.05) is 18.5 Å². The van der Waals surface area contributed by atoms with Crippen LogP contribution >= 0.6 is 22.9 Å². The van der Waals surface area contributed by atoms with Crippen LogP contribution in [0.15, 0.2) is 12.1 Å². The van der Waals surface area contributed by atoms with E-state index >= 15 is 0 Å². The van der Waals surface area contributed by atoms with Gasteiger partial charge in [0.1, 0.15) is 0 Å². The molecule has 2 unspecified atom stereocenters. The molecule has 1 saturated heterocycles. The number of thiophene rings is 1. The Morgan fingerprint density at radius 2 is 2.33 bits per heavy atom. The Morgan fingerprint density at radius 3 is 2.94 bits per heavy atom. The van der Waals surface area contributed by atoms with Gasteiger partial charge in [-0.05, 0) is 45.4 Å². The fraction of sp³-hybridized carbons (Fsp3) is 0.714. The third kappa shape index (κ3) is 3.47. The molecule has 1 N–H and O–H groups in total. The van der Waals surface area contributed by atoms with Gasteiger partial charge in [-0.3, -0.25) is 4.90 Å². The lowest BCUT2D eigenvalue weighted by atomic mass is 9.98. The Balaban J connectivity index is 2.08. The summed E-state index contributed by atoms with van der Waals surface area (Å²) < 4.78 is 0.892. The molecule has 18 heavy (non-hydrogen) atoms. The van der Waals surface area contributed by atoms with Gasteiger partial charge in [0, 0.05) is 29.5 Å². The Hall–Kier alpha value is -0.0900. The number of hydrogen-bond acceptors (Lipinski definition) is 3. The molecule has 1 aliphatic heterocycles. The predicted molar refractivity (Wildman–Crippen MR) is 80.5 cm³/mol. The lowest BCUT2D eigenvalue weighted by Gasteiger charge is -2.34. The van der Waals surface area contributed by atoms with Crippen LogP contribution in [0.4, 0.5) is 0 Å². The molecule has 0 aliphatic carbocycles. The first-order valence-corrected chi connectivity index (χ1v) is 7.95. The molecule has 0 aromatic carbocycles. The second-order valence-electron chi connectivity index (χ2n) is 5.59. The van der Waals surface area contributed by atoms with E-state index in [-0.39, 0.29) is 5.54 Å². The molecule has 1 aromatic rings. The first-order chi connectivity index (χ1) is 8.52. The summed E-state index contributed by atoms with van der Waals surface area (Å²) in [6.45, 7) is 10.2. The number of rotatable bonds is 3. The molecule has 102 valence electrons. The van der Waals surface area contributed by atoms with Gasteiger partial charge in [0.05, 0.1) is 4.34 Å². The fourth-order valence-corrected chi connectivity index (χ4v) is 3.62. The van der Waals surface area contributed by atoms with Crippen molar-refractivity contribution in [2.75, 3.05) is 13.1 Å². The predicted octanol–water partition coefficient (Wildman–Crippen LogP) is 3.75. The zero-order valence-electron chi connectivity index (χ0n) is 11.5. The van der Waals surface area contributed by atoms with Crippen LogP contribution in [-0.2, 0) is 6.54 Å². The molecule has 2 atom stereocenters. The Labute approximate surface area is 119 Å². The van der Waals surface area contributed by atoms with Crippen LogP contribution < -0.4 is 5.32 Å². The molecule has 0 saturated carbocycles. The summed E-state index contributed by atoms with van der Waals surface area (Å²) in [6, 6.07) is 4.79. The minimum absolute atomic E-state index is 0.242. The lowest BCUT2D eigenvalue weighted by molar-refractivity contribution is 0.165. The average Bonchev–Trinajstić information content (AvgIpc) is 2.67. The van der Waals surface area contributed by atoms with Gasteiger partial charge < -0.3 is 5.32 Å². The van der Waals surface area contributed by atoms with Crippen LogP contribution in [0.3, 0.4) is 0 Å².